The van der Waals surface area contributed by atoms with Crippen LogP contribution in [0.5, 0.6) is 5.19 Å². The van der Waals surface area contributed by atoms with Gasteiger partial charge in [-0.15, -0.1) is 0 Å². The molecule has 1 rings (SSSR count). The summed E-state index contributed by atoms with van der Waals surface area (Å²) in [7, 11) is 0. The summed E-state index contributed by atoms with van der Waals surface area (Å²) >= 11 is 1.08. The van der Waals surface area contributed by atoms with Crippen LogP contribution in [0, 0.1) is 0 Å². The fraction of sp³-hybridized carbons (Fsp3) is 0.429. The molecule has 0 bridgehead atoms. The number of thiazole rings is 1. The van der Waals surface area contributed by atoms with E-state index >= 15 is 0 Å². The molecule has 14 heavy (non-hydrogen) atoms. The zero-order valence-corrected chi connectivity index (χ0v) is 7.90. The minimum Gasteiger partial charge on any atom is -0.470 e. The second-order valence-electron chi connectivity index (χ2n) is 2.29. The van der Waals surface area contributed by atoms with Crippen molar-refractivity contribution in [3.8, 4) is 5.19 Å². The van der Waals surface area contributed by atoms with Crippen LogP contribution >= 0.6 is 11.3 Å². The molecule has 0 aliphatic carbocycles. The normalized spacial score (nSPS) is 9.93. The second kappa shape index (κ2) is 5.46. The number of hydrogen-bond donors (Lipinski definition) is 2. The van der Waals surface area contributed by atoms with E-state index in [0.29, 0.717) is 10.2 Å². The number of hydrogen-bond acceptors (Lipinski definition) is 7. The van der Waals surface area contributed by atoms with E-state index in [4.69, 9.17) is 14.9 Å². The maximum atomic E-state index is 9.87. The van der Waals surface area contributed by atoms with Crippen LogP contribution in [0.1, 0.15) is 6.42 Å². The lowest BCUT2D eigenvalue weighted by Gasteiger charge is -2.02. The Hall–Kier alpha value is -1.27. The Morgan fingerprint density at radius 3 is 3.14 bits per heavy atom. The predicted molar refractivity (Wildman–Crippen MR) is 48.2 cm³/mol. The Kier molecular flexibility index (Phi) is 4.21. The van der Waals surface area contributed by atoms with Gasteiger partial charge in [0.2, 0.25) is 6.08 Å². The zero-order valence-electron chi connectivity index (χ0n) is 7.08. The van der Waals surface area contributed by atoms with Gasteiger partial charge in [-0.25, -0.2) is 9.78 Å². The summed E-state index contributed by atoms with van der Waals surface area (Å²) in [5.41, 5.74) is 0. The maximum absolute atomic E-state index is 9.87. The van der Waals surface area contributed by atoms with Crippen LogP contribution in [-0.4, -0.2) is 34.2 Å². The van der Waals surface area contributed by atoms with E-state index in [1.807, 2.05) is 0 Å². The summed E-state index contributed by atoms with van der Waals surface area (Å²) < 4.78 is 5.04. The third-order valence-corrected chi connectivity index (χ3v) is 2.03. The minimum absolute atomic E-state index is 0.103. The van der Waals surface area contributed by atoms with Crippen molar-refractivity contribution < 1.29 is 19.7 Å². The van der Waals surface area contributed by atoms with Crippen molar-refractivity contribution in [1.82, 2.24) is 4.98 Å². The number of isocyanates is 1. The number of aliphatic hydroxyl groups is 2. The molecule has 7 heteroatoms. The van der Waals surface area contributed by atoms with E-state index < -0.39 is 6.29 Å². The molecule has 2 N–H and O–H groups in total. The highest BCUT2D eigenvalue weighted by molar-refractivity contribution is 7.17. The highest BCUT2D eigenvalue weighted by atomic mass is 32.1. The Balaban J connectivity index is 2.40. The summed E-state index contributed by atoms with van der Waals surface area (Å²) in [5, 5.41) is 17.8. The molecule has 0 atom stereocenters. The van der Waals surface area contributed by atoms with E-state index in [2.05, 4.69) is 9.98 Å². The Bertz CT molecular complexity index is 332. The molecule has 0 saturated carbocycles. The van der Waals surface area contributed by atoms with Crippen LogP contribution in [0.4, 0.5) is 5.00 Å². The number of ether oxygens (including phenoxy) is 1. The number of aromatic nitrogens is 1. The summed E-state index contributed by atoms with van der Waals surface area (Å²) in [6.07, 6.45) is 1.47. The van der Waals surface area contributed by atoms with Gasteiger partial charge in [0.25, 0.3) is 5.19 Å². The Morgan fingerprint density at radius 2 is 2.50 bits per heavy atom. The SMILES string of the molecule is O=C=Nc1cnc(OCCC(O)O)s1. The molecule has 0 aromatic carbocycles. The van der Waals surface area contributed by atoms with Gasteiger partial charge in [0.1, 0.15) is 0 Å². The lowest BCUT2D eigenvalue weighted by molar-refractivity contribution is -0.0519. The smallest absolute Gasteiger partial charge is 0.275 e. The first-order valence-electron chi connectivity index (χ1n) is 3.75. The summed E-state index contributed by atoms with van der Waals surface area (Å²) in [5.74, 6) is 0. The summed E-state index contributed by atoms with van der Waals surface area (Å²) in [4.78, 5) is 17.0. The summed E-state index contributed by atoms with van der Waals surface area (Å²) in [6.45, 7) is 0.148. The molecular formula is C7H8N2O4S. The quantitative estimate of drug-likeness (QED) is 0.416. The molecule has 0 aliphatic rings. The third-order valence-electron chi connectivity index (χ3n) is 1.23. The van der Waals surface area contributed by atoms with E-state index in [1.165, 1.54) is 12.3 Å². The van der Waals surface area contributed by atoms with Gasteiger partial charge in [-0.3, -0.25) is 0 Å². The molecule has 1 heterocycles. The predicted octanol–water partition coefficient (Wildman–Crippen LogP) is 0.190. The van der Waals surface area contributed by atoms with Crippen molar-refractivity contribution in [3.05, 3.63) is 6.20 Å². The van der Waals surface area contributed by atoms with Crippen molar-refractivity contribution in [2.24, 2.45) is 4.99 Å². The van der Waals surface area contributed by atoms with Gasteiger partial charge < -0.3 is 14.9 Å². The zero-order chi connectivity index (χ0) is 10.4. The van der Waals surface area contributed by atoms with Crippen LogP contribution < -0.4 is 4.74 Å². The Morgan fingerprint density at radius 1 is 1.71 bits per heavy atom. The molecule has 0 aliphatic heterocycles. The monoisotopic (exact) mass is 216 g/mol. The van der Waals surface area contributed by atoms with Crippen molar-refractivity contribution in [2.75, 3.05) is 6.61 Å². The standard InChI is InChI=1S/C7H8N2O4S/c10-4-9-5-3-8-7(14-5)13-2-1-6(11)12/h3,6,11-12H,1-2H2. The van der Waals surface area contributed by atoms with Gasteiger partial charge in [0.05, 0.1) is 12.8 Å². The third kappa shape index (κ3) is 3.63. The lowest BCUT2D eigenvalue weighted by Crippen LogP contribution is -2.10. The molecule has 0 amide bonds. The largest absolute Gasteiger partial charge is 0.470 e. The first-order chi connectivity index (χ1) is 6.72. The van der Waals surface area contributed by atoms with Crippen LogP contribution in [0.2, 0.25) is 0 Å². The molecule has 76 valence electrons. The molecule has 1 aromatic heterocycles. The summed E-state index contributed by atoms with van der Waals surface area (Å²) in [6, 6.07) is 0. The van der Waals surface area contributed by atoms with Crippen molar-refractivity contribution in [3.63, 3.8) is 0 Å². The van der Waals surface area contributed by atoms with Crippen molar-refractivity contribution >= 4 is 22.4 Å². The first kappa shape index (κ1) is 10.8. The van der Waals surface area contributed by atoms with E-state index in [-0.39, 0.29) is 13.0 Å². The van der Waals surface area contributed by atoms with E-state index in [9.17, 15) is 4.79 Å². The molecular weight excluding hydrogens is 208 g/mol. The Labute approximate surface area is 83.5 Å². The number of carbonyl (C=O) groups excluding carboxylic acids is 1. The molecule has 0 spiro atoms. The van der Waals surface area contributed by atoms with Crippen molar-refractivity contribution in [1.29, 1.82) is 0 Å². The number of aliphatic imine (C=N–C) groups is 1. The number of nitrogens with zero attached hydrogens (tertiary/aromatic N) is 2. The molecule has 0 saturated heterocycles. The van der Waals surface area contributed by atoms with Gasteiger partial charge in [-0.2, -0.15) is 4.99 Å². The first-order valence-corrected chi connectivity index (χ1v) is 4.56. The highest BCUT2D eigenvalue weighted by Gasteiger charge is 2.03. The van der Waals surface area contributed by atoms with Crippen LogP contribution in [-0.2, 0) is 4.79 Å². The molecule has 1 aromatic rings. The highest BCUT2D eigenvalue weighted by Crippen LogP contribution is 2.27. The molecule has 0 unspecified atom stereocenters. The molecule has 0 fully saturated rings. The fourth-order valence-corrected chi connectivity index (χ4v) is 1.28. The van der Waals surface area contributed by atoms with Crippen LogP contribution in [0.15, 0.2) is 11.2 Å². The molecule has 6 nitrogen and oxygen atoms in total. The average molecular weight is 216 g/mol. The van der Waals surface area contributed by atoms with Crippen molar-refractivity contribution in [2.45, 2.75) is 12.7 Å². The topological polar surface area (TPSA) is 92.0 Å². The molecule has 0 radical (unpaired) electrons. The van der Waals surface area contributed by atoms with Crippen LogP contribution in [0.3, 0.4) is 0 Å². The van der Waals surface area contributed by atoms with Gasteiger partial charge in [-0.1, -0.05) is 11.3 Å². The van der Waals surface area contributed by atoms with E-state index in [1.54, 1.807) is 0 Å². The fourth-order valence-electron chi connectivity index (χ4n) is 0.665. The number of rotatable bonds is 5. The van der Waals surface area contributed by atoms with Gasteiger partial charge in [0.15, 0.2) is 11.3 Å². The van der Waals surface area contributed by atoms with Gasteiger partial charge in [0, 0.05) is 6.42 Å². The van der Waals surface area contributed by atoms with E-state index in [0.717, 1.165) is 11.3 Å². The lowest BCUT2D eigenvalue weighted by atomic mass is 10.4. The number of aliphatic hydroxyl groups excluding tert-OH is 1. The minimum atomic E-state index is -1.39. The second-order valence-corrected chi connectivity index (χ2v) is 3.26. The maximum Gasteiger partial charge on any atom is 0.275 e. The average Bonchev–Trinajstić information content (AvgIpc) is 2.53. The van der Waals surface area contributed by atoms with Crippen LogP contribution in [0.25, 0.3) is 0 Å². The van der Waals surface area contributed by atoms with Gasteiger partial charge >= 0.3 is 0 Å². The van der Waals surface area contributed by atoms with Gasteiger partial charge in [-0.05, 0) is 0 Å².